The summed E-state index contributed by atoms with van der Waals surface area (Å²) in [5.74, 6) is 0. The topological polar surface area (TPSA) is 28.2 Å². The Morgan fingerprint density at radius 1 is 1.24 bits per heavy atom. The van der Waals surface area contributed by atoms with Crippen molar-refractivity contribution in [3.8, 4) is 0 Å². The molecular weight excluding hydrogens is 278 g/mol. The van der Waals surface area contributed by atoms with Gasteiger partial charge in [0.1, 0.15) is 0 Å². The van der Waals surface area contributed by atoms with Gasteiger partial charge in [-0.2, -0.15) is 0 Å². The Labute approximate surface area is 134 Å². The average Bonchev–Trinajstić information content (AvgIpc) is 3.06. The summed E-state index contributed by atoms with van der Waals surface area (Å²) in [5, 5.41) is 4.85. The van der Waals surface area contributed by atoms with Crippen molar-refractivity contribution in [2.75, 3.05) is 11.4 Å². The van der Waals surface area contributed by atoms with Crippen molar-refractivity contribution in [3.05, 3.63) is 10.6 Å². The second-order valence-electron chi connectivity index (χ2n) is 7.05. The van der Waals surface area contributed by atoms with Crippen LogP contribution >= 0.6 is 11.3 Å². The molecule has 120 valence electrons. The molecule has 1 N–H and O–H groups in total. The molecule has 0 amide bonds. The number of rotatable bonds is 6. The summed E-state index contributed by atoms with van der Waals surface area (Å²) in [5.41, 5.74) is 1.44. The number of aryl methyl sites for hydroxylation is 1. The first-order valence-electron chi connectivity index (χ1n) is 8.44. The van der Waals surface area contributed by atoms with Crippen molar-refractivity contribution >= 4 is 16.5 Å². The lowest BCUT2D eigenvalue weighted by atomic mass is 10.1. The Morgan fingerprint density at radius 2 is 1.90 bits per heavy atom. The third-order valence-electron chi connectivity index (χ3n) is 4.23. The second-order valence-corrected chi connectivity index (χ2v) is 8.11. The van der Waals surface area contributed by atoms with E-state index in [4.69, 9.17) is 4.98 Å². The molecule has 0 aliphatic heterocycles. The summed E-state index contributed by atoms with van der Waals surface area (Å²) in [4.78, 5) is 8.90. The van der Waals surface area contributed by atoms with E-state index in [0.29, 0.717) is 6.04 Å². The summed E-state index contributed by atoms with van der Waals surface area (Å²) in [6.45, 7) is 13.1. The van der Waals surface area contributed by atoms with E-state index in [1.807, 2.05) is 11.3 Å². The van der Waals surface area contributed by atoms with Crippen LogP contribution in [0.1, 0.15) is 70.9 Å². The monoisotopic (exact) mass is 309 g/mol. The lowest BCUT2D eigenvalue weighted by molar-refractivity contribution is 0.425. The molecule has 1 aliphatic carbocycles. The van der Waals surface area contributed by atoms with Crippen LogP contribution in [0.3, 0.4) is 0 Å². The van der Waals surface area contributed by atoms with E-state index < -0.39 is 0 Å². The molecule has 1 aliphatic rings. The molecule has 0 aromatic carbocycles. The Morgan fingerprint density at radius 3 is 2.43 bits per heavy atom. The third-order valence-corrected chi connectivity index (χ3v) is 5.37. The summed E-state index contributed by atoms with van der Waals surface area (Å²) < 4.78 is 0. The predicted octanol–water partition coefficient (Wildman–Crippen LogP) is 4.36. The Kier molecular flexibility index (Phi) is 5.67. The van der Waals surface area contributed by atoms with Gasteiger partial charge in [-0.25, -0.2) is 4.98 Å². The van der Waals surface area contributed by atoms with Crippen molar-refractivity contribution in [1.29, 1.82) is 0 Å². The zero-order valence-corrected chi connectivity index (χ0v) is 15.1. The molecule has 1 saturated carbocycles. The van der Waals surface area contributed by atoms with Crippen LogP contribution in [0.15, 0.2) is 0 Å². The number of aromatic nitrogens is 1. The zero-order valence-electron chi connectivity index (χ0n) is 14.3. The fourth-order valence-corrected chi connectivity index (χ4v) is 4.24. The highest BCUT2D eigenvalue weighted by atomic mass is 32.1. The lowest BCUT2D eigenvalue weighted by Gasteiger charge is -2.27. The minimum absolute atomic E-state index is 0.158. The van der Waals surface area contributed by atoms with E-state index >= 15 is 0 Å². The maximum absolute atomic E-state index is 4.95. The van der Waals surface area contributed by atoms with Gasteiger partial charge in [-0.05, 0) is 47.0 Å². The summed E-state index contributed by atoms with van der Waals surface area (Å²) in [6, 6.07) is 0.717. The lowest BCUT2D eigenvalue weighted by Crippen LogP contribution is -2.35. The van der Waals surface area contributed by atoms with E-state index in [2.05, 4.69) is 44.8 Å². The van der Waals surface area contributed by atoms with Gasteiger partial charge >= 0.3 is 0 Å². The number of anilines is 1. The number of thiazole rings is 1. The van der Waals surface area contributed by atoms with Gasteiger partial charge in [-0.1, -0.05) is 19.8 Å². The highest BCUT2D eigenvalue weighted by Crippen LogP contribution is 2.33. The largest absolute Gasteiger partial charge is 0.345 e. The smallest absolute Gasteiger partial charge is 0.186 e. The maximum atomic E-state index is 4.95. The third kappa shape index (κ3) is 4.43. The van der Waals surface area contributed by atoms with E-state index in [9.17, 15) is 0 Å². The molecule has 4 heteroatoms. The molecule has 1 heterocycles. The van der Waals surface area contributed by atoms with Crippen LogP contribution in [0.4, 0.5) is 5.13 Å². The molecule has 1 aromatic heterocycles. The first-order valence-corrected chi connectivity index (χ1v) is 9.26. The van der Waals surface area contributed by atoms with Gasteiger partial charge in [0.15, 0.2) is 5.13 Å². The van der Waals surface area contributed by atoms with Gasteiger partial charge in [0.05, 0.1) is 5.69 Å². The van der Waals surface area contributed by atoms with Crippen LogP contribution in [0.5, 0.6) is 0 Å². The SMILES string of the molecule is CCc1nc(N(CC)C2CCCC2)sc1CNC(C)(C)C. The minimum Gasteiger partial charge on any atom is -0.345 e. The molecular formula is C17H31N3S. The van der Waals surface area contributed by atoms with Crippen LogP contribution in [-0.4, -0.2) is 23.1 Å². The van der Waals surface area contributed by atoms with E-state index in [-0.39, 0.29) is 5.54 Å². The molecule has 0 saturated heterocycles. The van der Waals surface area contributed by atoms with Crippen molar-refractivity contribution in [3.63, 3.8) is 0 Å². The molecule has 0 radical (unpaired) electrons. The number of hydrogen-bond acceptors (Lipinski definition) is 4. The van der Waals surface area contributed by atoms with Gasteiger partial charge in [-0.15, -0.1) is 11.3 Å². The summed E-state index contributed by atoms with van der Waals surface area (Å²) in [7, 11) is 0. The van der Waals surface area contributed by atoms with E-state index in [0.717, 1.165) is 19.5 Å². The van der Waals surface area contributed by atoms with Gasteiger partial charge < -0.3 is 10.2 Å². The number of hydrogen-bond donors (Lipinski definition) is 1. The first kappa shape index (κ1) is 16.8. The molecule has 0 unspecified atom stereocenters. The van der Waals surface area contributed by atoms with Gasteiger partial charge in [0, 0.05) is 29.5 Å². The fraction of sp³-hybridized carbons (Fsp3) is 0.824. The quantitative estimate of drug-likeness (QED) is 0.846. The van der Waals surface area contributed by atoms with Gasteiger partial charge in [0.25, 0.3) is 0 Å². The van der Waals surface area contributed by atoms with Crippen LogP contribution in [0.2, 0.25) is 0 Å². The van der Waals surface area contributed by atoms with E-state index in [1.165, 1.54) is 41.4 Å². The maximum Gasteiger partial charge on any atom is 0.186 e. The Hall–Kier alpha value is -0.610. The molecule has 2 rings (SSSR count). The molecule has 0 atom stereocenters. The van der Waals surface area contributed by atoms with Crippen molar-refractivity contribution in [2.24, 2.45) is 0 Å². The molecule has 0 spiro atoms. The molecule has 1 aromatic rings. The van der Waals surface area contributed by atoms with Crippen molar-refractivity contribution < 1.29 is 0 Å². The van der Waals surface area contributed by atoms with E-state index in [1.54, 1.807) is 0 Å². The predicted molar refractivity (Wildman–Crippen MR) is 93.4 cm³/mol. The minimum atomic E-state index is 0.158. The van der Waals surface area contributed by atoms with Crippen LogP contribution < -0.4 is 10.2 Å². The summed E-state index contributed by atoms with van der Waals surface area (Å²) >= 11 is 1.90. The molecule has 21 heavy (non-hydrogen) atoms. The van der Waals surface area contributed by atoms with Gasteiger partial charge in [-0.3, -0.25) is 0 Å². The Bertz CT molecular complexity index is 441. The van der Waals surface area contributed by atoms with Crippen LogP contribution in [0, 0.1) is 0 Å². The van der Waals surface area contributed by atoms with Gasteiger partial charge in [0.2, 0.25) is 0 Å². The molecule has 0 bridgehead atoms. The first-order chi connectivity index (χ1) is 9.94. The van der Waals surface area contributed by atoms with Crippen LogP contribution in [0.25, 0.3) is 0 Å². The number of nitrogens with zero attached hydrogens (tertiary/aromatic N) is 2. The summed E-state index contributed by atoms with van der Waals surface area (Å²) in [6.07, 6.45) is 6.46. The highest BCUT2D eigenvalue weighted by molar-refractivity contribution is 7.15. The highest BCUT2D eigenvalue weighted by Gasteiger charge is 2.25. The molecule has 1 fully saturated rings. The fourth-order valence-electron chi connectivity index (χ4n) is 3.02. The number of nitrogens with one attached hydrogen (secondary N) is 1. The Balaban J connectivity index is 2.14. The van der Waals surface area contributed by atoms with Crippen molar-refractivity contribution in [1.82, 2.24) is 10.3 Å². The second kappa shape index (κ2) is 7.10. The molecule has 3 nitrogen and oxygen atoms in total. The van der Waals surface area contributed by atoms with Crippen LogP contribution in [-0.2, 0) is 13.0 Å². The zero-order chi connectivity index (χ0) is 15.5. The standard InChI is InChI=1S/C17H31N3S/c1-6-14-15(12-18-17(3,4)5)21-16(19-14)20(7-2)13-10-8-9-11-13/h13,18H,6-12H2,1-5H3. The normalized spacial score (nSPS) is 16.6. The van der Waals surface area contributed by atoms with Crippen molar-refractivity contribution in [2.45, 2.75) is 84.8 Å². The average molecular weight is 310 g/mol.